The van der Waals surface area contributed by atoms with Gasteiger partial charge in [0.05, 0.1) is 31.1 Å². The van der Waals surface area contributed by atoms with Gasteiger partial charge in [0.2, 0.25) is 5.95 Å². The van der Waals surface area contributed by atoms with E-state index in [1.165, 1.54) is 0 Å². The molecule has 2 heterocycles. The molecular weight excluding hydrogens is 458 g/mol. The highest BCUT2D eigenvalue weighted by Gasteiger charge is 2.18. The first-order chi connectivity index (χ1) is 17.6. The van der Waals surface area contributed by atoms with Crippen LogP contribution in [0.2, 0.25) is 0 Å². The number of anilines is 3. The fourth-order valence-electron chi connectivity index (χ4n) is 3.79. The van der Waals surface area contributed by atoms with Crippen molar-refractivity contribution in [3.05, 3.63) is 60.3 Å². The number of aromatic nitrogens is 2. The van der Waals surface area contributed by atoms with Crippen molar-refractivity contribution in [2.45, 2.75) is 38.8 Å². The Morgan fingerprint density at radius 1 is 1.17 bits per heavy atom. The van der Waals surface area contributed by atoms with E-state index in [2.05, 4.69) is 26.7 Å². The van der Waals surface area contributed by atoms with Crippen LogP contribution in [-0.4, -0.2) is 47.9 Å². The Morgan fingerprint density at radius 2 is 1.92 bits per heavy atom. The Hall–Kier alpha value is -4.16. The van der Waals surface area contributed by atoms with Crippen molar-refractivity contribution in [3.63, 3.8) is 0 Å². The van der Waals surface area contributed by atoms with E-state index in [-0.39, 0.29) is 12.1 Å². The monoisotopic (exact) mass is 487 g/mol. The van der Waals surface area contributed by atoms with Gasteiger partial charge in [0.1, 0.15) is 24.0 Å². The third-order valence-electron chi connectivity index (χ3n) is 5.68. The van der Waals surface area contributed by atoms with Crippen LogP contribution < -0.4 is 15.4 Å². The number of benzene rings is 2. The molecule has 1 fully saturated rings. The number of carbonyl (C=O) groups is 1. The van der Waals surface area contributed by atoms with Crippen LogP contribution in [0.5, 0.6) is 5.75 Å². The van der Waals surface area contributed by atoms with E-state index in [0.29, 0.717) is 42.8 Å². The molecule has 0 bridgehead atoms. The van der Waals surface area contributed by atoms with Crippen molar-refractivity contribution in [2.75, 3.05) is 30.5 Å². The first-order valence-corrected chi connectivity index (χ1v) is 12.0. The maximum absolute atomic E-state index is 11.8. The molecule has 9 nitrogen and oxygen atoms in total. The van der Waals surface area contributed by atoms with Crippen LogP contribution in [0.25, 0.3) is 11.3 Å². The standard InChI is InChI=1S/C27H29N5O4/c1-3-35-26(33)18(2)30-21-5-7-22(8-6-21)31-27-29-13-10-24(32-27)19-4-9-25(20(16-19)17-28)36-23-11-14-34-15-12-23/h4-10,13,16,18,23,30H,3,11-12,14-15H2,1-2H3,(H,29,31,32)/t18-/m0/s1. The van der Waals surface area contributed by atoms with Crippen LogP contribution >= 0.6 is 0 Å². The lowest BCUT2D eigenvalue weighted by atomic mass is 10.1. The molecule has 1 aliphatic rings. The van der Waals surface area contributed by atoms with E-state index in [1.54, 1.807) is 32.2 Å². The summed E-state index contributed by atoms with van der Waals surface area (Å²) in [5.74, 6) is 0.702. The summed E-state index contributed by atoms with van der Waals surface area (Å²) in [5, 5.41) is 16.0. The number of nitrogens with one attached hydrogen (secondary N) is 2. The lowest BCUT2D eigenvalue weighted by Crippen LogP contribution is -2.28. The topological polar surface area (TPSA) is 118 Å². The van der Waals surface area contributed by atoms with Crippen LogP contribution in [-0.2, 0) is 14.3 Å². The predicted octanol–water partition coefficient (Wildman–Crippen LogP) is 4.68. The first kappa shape index (κ1) is 24.9. The molecule has 1 saturated heterocycles. The fourth-order valence-corrected chi connectivity index (χ4v) is 3.79. The van der Waals surface area contributed by atoms with Gasteiger partial charge in [0, 0.05) is 36.0 Å². The highest BCUT2D eigenvalue weighted by Crippen LogP contribution is 2.28. The molecule has 0 unspecified atom stereocenters. The summed E-state index contributed by atoms with van der Waals surface area (Å²) in [4.78, 5) is 20.7. The van der Waals surface area contributed by atoms with Gasteiger partial charge in [-0.2, -0.15) is 5.26 Å². The number of nitriles is 1. The van der Waals surface area contributed by atoms with Crippen molar-refractivity contribution in [3.8, 4) is 23.1 Å². The Morgan fingerprint density at radius 3 is 2.64 bits per heavy atom. The van der Waals surface area contributed by atoms with Gasteiger partial charge in [0.25, 0.3) is 0 Å². The van der Waals surface area contributed by atoms with Gasteiger partial charge in [-0.15, -0.1) is 0 Å². The summed E-state index contributed by atoms with van der Waals surface area (Å²) in [7, 11) is 0. The molecule has 0 saturated carbocycles. The minimum atomic E-state index is -0.449. The average Bonchev–Trinajstić information content (AvgIpc) is 2.91. The molecule has 1 atom stereocenters. The summed E-state index contributed by atoms with van der Waals surface area (Å²) in [5.41, 5.74) is 3.53. The molecule has 36 heavy (non-hydrogen) atoms. The Labute approximate surface area is 210 Å². The van der Waals surface area contributed by atoms with Gasteiger partial charge in [-0.05, 0) is 62.4 Å². The Kier molecular flexibility index (Phi) is 8.32. The summed E-state index contributed by atoms with van der Waals surface area (Å²) in [6, 6.07) is 16.5. The number of nitrogens with zero attached hydrogens (tertiary/aromatic N) is 3. The maximum atomic E-state index is 11.8. The molecule has 186 valence electrons. The van der Waals surface area contributed by atoms with Crippen molar-refractivity contribution >= 4 is 23.3 Å². The quantitative estimate of drug-likeness (QED) is 0.415. The normalized spacial score (nSPS) is 14.4. The molecule has 2 N–H and O–H groups in total. The smallest absolute Gasteiger partial charge is 0.328 e. The fraction of sp³-hybridized carbons (Fsp3) is 0.333. The second-order valence-electron chi connectivity index (χ2n) is 8.34. The minimum absolute atomic E-state index is 0.0570. The molecule has 3 aromatic rings. The van der Waals surface area contributed by atoms with Gasteiger partial charge in [-0.3, -0.25) is 0 Å². The minimum Gasteiger partial charge on any atom is -0.489 e. The molecule has 0 spiro atoms. The highest BCUT2D eigenvalue weighted by molar-refractivity contribution is 5.79. The highest BCUT2D eigenvalue weighted by atomic mass is 16.5. The van der Waals surface area contributed by atoms with Crippen molar-refractivity contribution in [1.82, 2.24) is 9.97 Å². The molecule has 9 heteroatoms. The van der Waals surface area contributed by atoms with Crippen molar-refractivity contribution in [2.24, 2.45) is 0 Å². The van der Waals surface area contributed by atoms with E-state index >= 15 is 0 Å². The zero-order valence-corrected chi connectivity index (χ0v) is 20.4. The zero-order chi connectivity index (χ0) is 25.3. The van der Waals surface area contributed by atoms with Gasteiger partial charge in [-0.1, -0.05) is 0 Å². The van der Waals surface area contributed by atoms with Gasteiger partial charge < -0.3 is 24.8 Å². The second-order valence-corrected chi connectivity index (χ2v) is 8.34. The predicted molar refractivity (Wildman–Crippen MR) is 136 cm³/mol. The molecule has 1 aromatic heterocycles. The molecule has 2 aromatic carbocycles. The van der Waals surface area contributed by atoms with Crippen LogP contribution in [0, 0.1) is 11.3 Å². The third-order valence-corrected chi connectivity index (χ3v) is 5.68. The van der Waals surface area contributed by atoms with Gasteiger partial charge >= 0.3 is 5.97 Å². The number of hydrogen-bond acceptors (Lipinski definition) is 9. The van der Waals surface area contributed by atoms with Crippen LogP contribution in [0.4, 0.5) is 17.3 Å². The number of hydrogen-bond donors (Lipinski definition) is 2. The third kappa shape index (κ3) is 6.49. The van der Waals surface area contributed by atoms with E-state index < -0.39 is 6.04 Å². The SMILES string of the molecule is CCOC(=O)[C@H](C)Nc1ccc(Nc2nccc(-c3ccc(OC4CCOCC4)c(C#N)c3)n2)cc1. The van der Waals surface area contributed by atoms with E-state index in [0.717, 1.165) is 29.8 Å². The molecular formula is C27H29N5O4. The number of esters is 1. The van der Waals surface area contributed by atoms with Gasteiger partial charge in [-0.25, -0.2) is 14.8 Å². The zero-order valence-electron chi connectivity index (χ0n) is 20.4. The lowest BCUT2D eigenvalue weighted by Gasteiger charge is -2.23. The first-order valence-electron chi connectivity index (χ1n) is 12.0. The molecule has 1 aliphatic heterocycles. The number of carbonyl (C=O) groups excluding carboxylic acids is 1. The van der Waals surface area contributed by atoms with Gasteiger partial charge in [0.15, 0.2) is 0 Å². The van der Waals surface area contributed by atoms with E-state index in [9.17, 15) is 10.1 Å². The maximum Gasteiger partial charge on any atom is 0.328 e. The Balaban J connectivity index is 1.43. The Bertz CT molecular complexity index is 1220. The molecule has 4 rings (SSSR count). The van der Waals surface area contributed by atoms with E-state index in [1.807, 2.05) is 36.4 Å². The number of rotatable bonds is 9. The summed E-state index contributed by atoms with van der Waals surface area (Å²) in [6.45, 7) is 5.23. The van der Waals surface area contributed by atoms with Crippen molar-refractivity contribution < 1.29 is 19.0 Å². The largest absolute Gasteiger partial charge is 0.489 e. The van der Waals surface area contributed by atoms with E-state index in [4.69, 9.17) is 14.2 Å². The van der Waals surface area contributed by atoms with Crippen molar-refractivity contribution in [1.29, 1.82) is 5.26 Å². The lowest BCUT2D eigenvalue weighted by molar-refractivity contribution is -0.143. The summed E-state index contributed by atoms with van der Waals surface area (Å²) in [6.07, 6.45) is 3.35. The molecule has 0 aliphatic carbocycles. The molecule has 0 radical (unpaired) electrons. The van der Waals surface area contributed by atoms with Crippen LogP contribution in [0.3, 0.4) is 0 Å². The average molecular weight is 488 g/mol. The van der Waals surface area contributed by atoms with Crippen LogP contribution in [0.1, 0.15) is 32.3 Å². The number of ether oxygens (including phenoxy) is 3. The molecule has 0 amide bonds. The summed E-state index contributed by atoms with van der Waals surface area (Å²) < 4.78 is 16.5. The summed E-state index contributed by atoms with van der Waals surface area (Å²) >= 11 is 0. The van der Waals surface area contributed by atoms with Crippen LogP contribution in [0.15, 0.2) is 54.7 Å². The second kappa shape index (κ2) is 12.0.